The van der Waals surface area contributed by atoms with Gasteiger partial charge in [0.2, 0.25) is 0 Å². The van der Waals surface area contributed by atoms with E-state index in [0.29, 0.717) is 12.1 Å². The first kappa shape index (κ1) is 13.6. The number of hydrogen-bond acceptors (Lipinski definition) is 1. The minimum absolute atomic E-state index is 0.405. The number of rotatable bonds is 3. The Morgan fingerprint density at radius 3 is 1.55 bits per heavy atom. The zero-order valence-corrected chi connectivity index (χ0v) is 13.6. The lowest BCUT2D eigenvalue weighted by Crippen LogP contribution is -1.96. The van der Waals surface area contributed by atoms with Crippen molar-refractivity contribution in [3.8, 4) is 0 Å². The molecule has 1 nitrogen and oxygen atoms in total. The van der Waals surface area contributed by atoms with Crippen LogP contribution in [0.15, 0.2) is 89.4 Å². The standard InChI is InChI=1S/C20H16BrN/c21-17-13-7-8-14-18(17)22-19(15-9-3-1-4-10-15)20(22)16-11-5-2-6-12-16/h1-14,19-20H. The van der Waals surface area contributed by atoms with E-state index in [2.05, 4.69) is 106 Å². The number of anilines is 1. The molecular formula is C20H16BrN. The van der Waals surface area contributed by atoms with E-state index < -0.39 is 0 Å². The van der Waals surface area contributed by atoms with Gasteiger partial charge in [0.1, 0.15) is 0 Å². The minimum Gasteiger partial charge on any atom is -0.352 e. The normalized spacial score (nSPS) is 20.0. The molecule has 3 aromatic carbocycles. The Labute approximate surface area is 139 Å². The van der Waals surface area contributed by atoms with Crippen LogP contribution < -0.4 is 4.90 Å². The van der Waals surface area contributed by atoms with Crippen molar-refractivity contribution in [2.24, 2.45) is 0 Å². The van der Waals surface area contributed by atoms with Gasteiger partial charge >= 0.3 is 0 Å². The van der Waals surface area contributed by atoms with E-state index in [1.165, 1.54) is 16.8 Å². The summed E-state index contributed by atoms with van der Waals surface area (Å²) in [6, 6.07) is 30.8. The molecular weight excluding hydrogens is 334 g/mol. The van der Waals surface area contributed by atoms with Crippen LogP contribution in [0.2, 0.25) is 0 Å². The molecule has 2 atom stereocenters. The van der Waals surface area contributed by atoms with E-state index in [1.807, 2.05) is 0 Å². The second kappa shape index (κ2) is 5.62. The predicted octanol–water partition coefficient (Wildman–Crippen LogP) is 5.75. The predicted molar refractivity (Wildman–Crippen MR) is 95.0 cm³/mol. The van der Waals surface area contributed by atoms with Crippen LogP contribution in [0.5, 0.6) is 0 Å². The van der Waals surface area contributed by atoms with Crippen LogP contribution in [0.3, 0.4) is 0 Å². The van der Waals surface area contributed by atoms with Crippen LogP contribution in [0, 0.1) is 0 Å². The zero-order chi connectivity index (χ0) is 14.9. The second-order valence-electron chi connectivity index (χ2n) is 5.57. The highest BCUT2D eigenvalue weighted by atomic mass is 79.9. The van der Waals surface area contributed by atoms with Gasteiger partial charge in [-0.05, 0) is 39.2 Å². The maximum Gasteiger partial charge on any atom is 0.0796 e. The summed E-state index contributed by atoms with van der Waals surface area (Å²) in [5, 5.41) is 0. The fourth-order valence-corrected chi connectivity index (χ4v) is 3.67. The molecule has 0 bridgehead atoms. The lowest BCUT2D eigenvalue weighted by atomic mass is 10.0. The molecule has 1 aliphatic rings. The van der Waals surface area contributed by atoms with E-state index in [9.17, 15) is 0 Å². The summed E-state index contributed by atoms with van der Waals surface area (Å²) in [5.74, 6) is 0. The van der Waals surface area contributed by atoms with E-state index in [-0.39, 0.29) is 0 Å². The highest BCUT2D eigenvalue weighted by Gasteiger charge is 2.49. The molecule has 0 spiro atoms. The number of halogens is 1. The Morgan fingerprint density at radius 1 is 0.591 bits per heavy atom. The molecule has 1 heterocycles. The van der Waals surface area contributed by atoms with Crippen molar-refractivity contribution in [1.82, 2.24) is 0 Å². The van der Waals surface area contributed by atoms with Crippen LogP contribution in [0.25, 0.3) is 0 Å². The fourth-order valence-electron chi connectivity index (χ4n) is 3.18. The molecule has 22 heavy (non-hydrogen) atoms. The molecule has 0 aliphatic carbocycles. The molecule has 0 saturated carbocycles. The van der Waals surface area contributed by atoms with Gasteiger partial charge in [-0.15, -0.1) is 0 Å². The van der Waals surface area contributed by atoms with Gasteiger partial charge in [-0.1, -0.05) is 72.8 Å². The molecule has 108 valence electrons. The quantitative estimate of drug-likeness (QED) is 0.544. The summed E-state index contributed by atoms with van der Waals surface area (Å²) >= 11 is 3.70. The summed E-state index contributed by atoms with van der Waals surface area (Å²) in [5.41, 5.74) is 3.99. The Kier molecular flexibility index (Phi) is 3.47. The number of nitrogens with zero attached hydrogens (tertiary/aromatic N) is 1. The number of hydrogen-bond donors (Lipinski definition) is 0. The van der Waals surface area contributed by atoms with Crippen molar-refractivity contribution in [2.45, 2.75) is 12.1 Å². The SMILES string of the molecule is Brc1ccccc1N1C(c2ccccc2)C1c1ccccc1. The zero-order valence-electron chi connectivity index (χ0n) is 12.1. The van der Waals surface area contributed by atoms with Crippen molar-refractivity contribution in [3.05, 3.63) is 101 Å². The van der Waals surface area contributed by atoms with Gasteiger partial charge in [0, 0.05) is 4.47 Å². The van der Waals surface area contributed by atoms with Crippen molar-refractivity contribution in [3.63, 3.8) is 0 Å². The minimum atomic E-state index is 0.405. The molecule has 3 aromatic rings. The van der Waals surface area contributed by atoms with Crippen molar-refractivity contribution < 1.29 is 0 Å². The highest BCUT2D eigenvalue weighted by molar-refractivity contribution is 9.10. The van der Waals surface area contributed by atoms with Crippen LogP contribution >= 0.6 is 15.9 Å². The van der Waals surface area contributed by atoms with Gasteiger partial charge in [-0.2, -0.15) is 0 Å². The number of para-hydroxylation sites is 1. The molecule has 1 fully saturated rings. The number of benzene rings is 3. The monoisotopic (exact) mass is 349 g/mol. The van der Waals surface area contributed by atoms with E-state index in [1.54, 1.807) is 0 Å². The summed E-state index contributed by atoms with van der Waals surface area (Å²) in [7, 11) is 0. The van der Waals surface area contributed by atoms with E-state index >= 15 is 0 Å². The first-order valence-corrected chi connectivity index (χ1v) is 8.28. The smallest absolute Gasteiger partial charge is 0.0796 e. The summed E-state index contributed by atoms with van der Waals surface area (Å²) < 4.78 is 1.15. The molecule has 0 amide bonds. The molecule has 0 aromatic heterocycles. The summed E-state index contributed by atoms with van der Waals surface area (Å²) in [6.07, 6.45) is 0. The fraction of sp³-hybridized carbons (Fsp3) is 0.100. The van der Waals surface area contributed by atoms with Gasteiger partial charge in [-0.25, -0.2) is 0 Å². The summed E-state index contributed by atoms with van der Waals surface area (Å²) in [4.78, 5) is 2.48. The molecule has 0 N–H and O–H groups in total. The third-order valence-corrected chi connectivity index (χ3v) is 4.89. The van der Waals surface area contributed by atoms with Gasteiger partial charge in [0.05, 0.1) is 17.8 Å². The Morgan fingerprint density at radius 2 is 1.05 bits per heavy atom. The van der Waals surface area contributed by atoms with Crippen LogP contribution in [0.1, 0.15) is 23.2 Å². The second-order valence-corrected chi connectivity index (χ2v) is 6.42. The van der Waals surface area contributed by atoms with Crippen molar-refractivity contribution in [1.29, 1.82) is 0 Å². The summed E-state index contributed by atoms with van der Waals surface area (Å²) in [6.45, 7) is 0. The lowest BCUT2D eigenvalue weighted by Gasteiger charge is -2.09. The van der Waals surface area contributed by atoms with Crippen molar-refractivity contribution >= 4 is 21.6 Å². The Bertz CT molecular complexity index is 724. The highest BCUT2D eigenvalue weighted by Crippen LogP contribution is 2.58. The third-order valence-electron chi connectivity index (χ3n) is 4.22. The molecule has 0 radical (unpaired) electrons. The first-order chi connectivity index (χ1) is 10.9. The van der Waals surface area contributed by atoms with Gasteiger partial charge in [0.15, 0.2) is 0 Å². The van der Waals surface area contributed by atoms with Gasteiger partial charge in [0.25, 0.3) is 0 Å². The van der Waals surface area contributed by atoms with Gasteiger partial charge < -0.3 is 4.90 Å². The average Bonchev–Trinajstić information content (AvgIpc) is 3.32. The Hall–Kier alpha value is -2.06. The third kappa shape index (κ3) is 2.34. The molecule has 2 unspecified atom stereocenters. The van der Waals surface area contributed by atoms with Gasteiger partial charge in [-0.3, -0.25) is 0 Å². The molecule has 4 rings (SSSR count). The first-order valence-electron chi connectivity index (χ1n) is 7.49. The van der Waals surface area contributed by atoms with E-state index in [0.717, 1.165) is 4.47 Å². The van der Waals surface area contributed by atoms with E-state index in [4.69, 9.17) is 0 Å². The van der Waals surface area contributed by atoms with Crippen LogP contribution in [-0.2, 0) is 0 Å². The maximum absolute atomic E-state index is 3.70. The topological polar surface area (TPSA) is 3.01 Å². The maximum atomic E-state index is 3.70. The largest absolute Gasteiger partial charge is 0.352 e. The average molecular weight is 350 g/mol. The van der Waals surface area contributed by atoms with Crippen LogP contribution in [0.4, 0.5) is 5.69 Å². The van der Waals surface area contributed by atoms with Crippen molar-refractivity contribution in [2.75, 3.05) is 4.90 Å². The lowest BCUT2D eigenvalue weighted by molar-refractivity contribution is 1.03. The molecule has 2 heteroatoms. The van der Waals surface area contributed by atoms with Crippen LogP contribution in [-0.4, -0.2) is 0 Å². The molecule has 1 aliphatic heterocycles. The molecule has 1 saturated heterocycles. The Balaban J connectivity index is 1.77.